The standard InChI is InChI=1S/C17H16N4OS/c22-16(14-12-23-15-5-2-1-4-13(14)15)20-8-10-21(11-9-20)17-18-6-3-7-19-17/h1-7,12H,8-11H2. The van der Waals surface area contributed by atoms with E-state index < -0.39 is 0 Å². The summed E-state index contributed by atoms with van der Waals surface area (Å²) in [5, 5.41) is 3.02. The molecule has 3 aromatic rings. The van der Waals surface area contributed by atoms with Crippen molar-refractivity contribution >= 4 is 33.3 Å². The molecule has 1 aliphatic rings. The van der Waals surface area contributed by atoms with Crippen molar-refractivity contribution in [1.82, 2.24) is 14.9 Å². The Hall–Kier alpha value is -2.47. The number of anilines is 1. The number of nitrogens with zero attached hydrogens (tertiary/aromatic N) is 4. The van der Waals surface area contributed by atoms with Crippen molar-refractivity contribution in [1.29, 1.82) is 0 Å². The molecule has 1 aliphatic heterocycles. The SMILES string of the molecule is O=C(c1csc2ccccc12)N1CCN(c2ncccn2)CC1. The average Bonchev–Trinajstić information content (AvgIpc) is 3.06. The number of aromatic nitrogens is 2. The Morgan fingerprint density at radius 1 is 1.00 bits per heavy atom. The third kappa shape index (κ3) is 2.66. The summed E-state index contributed by atoms with van der Waals surface area (Å²) >= 11 is 1.63. The highest BCUT2D eigenvalue weighted by Crippen LogP contribution is 2.27. The number of hydrogen-bond acceptors (Lipinski definition) is 5. The third-order valence-electron chi connectivity index (χ3n) is 4.11. The molecule has 23 heavy (non-hydrogen) atoms. The summed E-state index contributed by atoms with van der Waals surface area (Å²) < 4.78 is 1.16. The minimum atomic E-state index is 0.121. The fourth-order valence-corrected chi connectivity index (χ4v) is 3.81. The van der Waals surface area contributed by atoms with Crippen LogP contribution >= 0.6 is 11.3 Å². The highest BCUT2D eigenvalue weighted by atomic mass is 32.1. The van der Waals surface area contributed by atoms with Gasteiger partial charge in [-0.05, 0) is 12.1 Å². The first-order valence-corrected chi connectivity index (χ1v) is 8.48. The zero-order valence-corrected chi connectivity index (χ0v) is 13.4. The molecule has 3 heterocycles. The molecule has 0 aliphatic carbocycles. The van der Waals surface area contributed by atoms with Gasteiger partial charge in [-0.25, -0.2) is 9.97 Å². The highest BCUT2D eigenvalue weighted by Gasteiger charge is 2.24. The first-order valence-electron chi connectivity index (χ1n) is 7.60. The number of carbonyl (C=O) groups excluding carboxylic acids is 1. The van der Waals surface area contributed by atoms with E-state index in [0.717, 1.165) is 34.7 Å². The molecule has 2 aromatic heterocycles. The van der Waals surface area contributed by atoms with Crippen molar-refractivity contribution in [2.75, 3.05) is 31.1 Å². The molecule has 5 nitrogen and oxygen atoms in total. The van der Waals surface area contributed by atoms with Gasteiger partial charge in [0.05, 0.1) is 5.56 Å². The van der Waals surface area contributed by atoms with Crippen molar-refractivity contribution in [3.05, 3.63) is 53.7 Å². The van der Waals surface area contributed by atoms with Crippen LogP contribution in [-0.2, 0) is 0 Å². The molecule has 0 saturated carbocycles. The Labute approximate surface area is 138 Å². The van der Waals surface area contributed by atoms with Crippen LogP contribution in [0.15, 0.2) is 48.1 Å². The van der Waals surface area contributed by atoms with Crippen molar-refractivity contribution in [2.45, 2.75) is 0 Å². The molecule has 0 N–H and O–H groups in total. The van der Waals surface area contributed by atoms with Crippen molar-refractivity contribution in [3.63, 3.8) is 0 Å². The van der Waals surface area contributed by atoms with Crippen molar-refractivity contribution in [2.24, 2.45) is 0 Å². The fourth-order valence-electron chi connectivity index (χ4n) is 2.88. The third-order valence-corrected chi connectivity index (χ3v) is 5.08. The maximum Gasteiger partial charge on any atom is 0.255 e. The fraction of sp³-hybridized carbons (Fsp3) is 0.235. The molecular formula is C17H16N4OS. The summed E-state index contributed by atoms with van der Waals surface area (Å²) in [4.78, 5) is 25.4. The van der Waals surface area contributed by atoms with Crippen LogP contribution < -0.4 is 4.90 Å². The van der Waals surface area contributed by atoms with Crippen LogP contribution in [0, 0.1) is 0 Å². The Balaban J connectivity index is 1.49. The molecule has 116 valence electrons. The molecule has 1 amide bonds. The number of piperazine rings is 1. The Bertz CT molecular complexity index is 825. The van der Waals surface area contributed by atoms with E-state index in [-0.39, 0.29) is 5.91 Å². The van der Waals surface area contributed by atoms with E-state index in [0.29, 0.717) is 13.1 Å². The molecule has 0 unspecified atom stereocenters. The van der Waals surface area contributed by atoms with Gasteiger partial charge in [0.1, 0.15) is 0 Å². The molecule has 0 bridgehead atoms. The zero-order valence-electron chi connectivity index (χ0n) is 12.6. The first kappa shape index (κ1) is 14.1. The molecule has 1 saturated heterocycles. The summed E-state index contributed by atoms with van der Waals surface area (Å²) in [6.07, 6.45) is 3.49. The molecule has 6 heteroatoms. The zero-order chi connectivity index (χ0) is 15.6. The normalized spacial score (nSPS) is 15.1. The molecule has 0 atom stereocenters. The van der Waals surface area contributed by atoms with Gasteiger partial charge in [0.25, 0.3) is 5.91 Å². The van der Waals surface area contributed by atoms with Crippen LogP contribution in [0.1, 0.15) is 10.4 Å². The van der Waals surface area contributed by atoms with Gasteiger partial charge in [0.15, 0.2) is 0 Å². The van der Waals surface area contributed by atoms with Crippen LogP contribution in [-0.4, -0.2) is 47.0 Å². The predicted molar refractivity (Wildman–Crippen MR) is 92.0 cm³/mol. The van der Waals surface area contributed by atoms with E-state index in [1.165, 1.54) is 0 Å². The monoisotopic (exact) mass is 324 g/mol. The van der Waals surface area contributed by atoms with E-state index >= 15 is 0 Å². The van der Waals surface area contributed by atoms with E-state index in [9.17, 15) is 4.79 Å². The second kappa shape index (κ2) is 5.96. The maximum atomic E-state index is 12.8. The number of carbonyl (C=O) groups is 1. The number of thiophene rings is 1. The number of hydrogen-bond donors (Lipinski definition) is 0. The van der Waals surface area contributed by atoms with E-state index in [1.807, 2.05) is 34.5 Å². The lowest BCUT2D eigenvalue weighted by molar-refractivity contribution is 0.0748. The molecular weight excluding hydrogens is 308 g/mol. The Morgan fingerprint density at radius 3 is 2.52 bits per heavy atom. The smallest absolute Gasteiger partial charge is 0.255 e. The number of benzene rings is 1. The van der Waals surface area contributed by atoms with Gasteiger partial charge in [-0.2, -0.15) is 0 Å². The van der Waals surface area contributed by atoms with Gasteiger partial charge in [0.2, 0.25) is 5.95 Å². The second-order valence-electron chi connectivity index (χ2n) is 5.47. The summed E-state index contributed by atoms with van der Waals surface area (Å²) in [6, 6.07) is 9.88. The van der Waals surface area contributed by atoms with E-state index in [1.54, 1.807) is 23.7 Å². The number of amides is 1. The minimum absolute atomic E-state index is 0.121. The molecule has 1 aromatic carbocycles. The Kier molecular flexibility index (Phi) is 3.67. The van der Waals surface area contributed by atoms with Crippen LogP contribution in [0.3, 0.4) is 0 Å². The lowest BCUT2D eigenvalue weighted by Crippen LogP contribution is -2.49. The van der Waals surface area contributed by atoms with Gasteiger partial charge in [-0.3, -0.25) is 4.79 Å². The lowest BCUT2D eigenvalue weighted by Gasteiger charge is -2.34. The molecule has 4 rings (SSSR count). The average molecular weight is 324 g/mol. The molecule has 0 spiro atoms. The Morgan fingerprint density at radius 2 is 1.74 bits per heavy atom. The molecule has 1 fully saturated rings. The number of fused-ring (bicyclic) bond motifs is 1. The topological polar surface area (TPSA) is 49.3 Å². The predicted octanol–water partition coefficient (Wildman–Crippen LogP) is 2.65. The number of rotatable bonds is 2. The quantitative estimate of drug-likeness (QED) is 0.727. The summed E-state index contributed by atoms with van der Waals surface area (Å²) in [5.41, 5.74) is 0.815. The van der Waals surface area contributed by atoms with Gasteiger partial charge in [-0.1, -0.05) is 18.2 Å². The van der Waals surface area contributed by atoms with Gasteiger partial charge < -0.3 is 9.80 Å². The lowest BCUT2D eigenvalue weighted by atomic mass is 10.1. The summed E-state index contributed by atoms with van der Waals surface area (Å²) in [6.45, 7) is 2.91. The summed E-state index contributed by atoms with van der Waals surface area (Å²) in [5.74, 6) is 0.858. The van der Waals surface area contributed by atoms with Crippen LogP contribution in [0.4, 0.5) is 5.95 Å². The van der Waals surface area contributed by atoms with Crippen molar-refractivity contribution in [3.8, 4) is 0 Å². The van der Waals surface area contributed by atoms with Crippen LogP contribution in [0.5, 0.6) is 0 Å². The summed E-state index contributed by atoms with van der Waals surface area (Å²) in [7, 11) is 0. The van der Waals surface area contributed by atoms with Gasteiger partial charge >= 0.3 is 0 Å². The van der Waals surface area contributed by atoms with E-state index in [4.69, 9.17) is 0 Å². The van der Waals surface area contributed by atoms with Crippen LogP contribution in [0.2, 0.25) is 0 Å². The van der Waals surface area contributed by atoms with Gasteiger partial charge in [-0.15, -0.1) is 11.3 Å². The van der Waals surface area contributed by atoms with Crippen LogP contribution in [0.25, 0.3) is 10.1 Å². The maximum absolute atomic E-state index is 12.8. The first-order chi connectivity index (χ1) is 11.3. The minimum Gasteiger partial charge on any atom is -0.337 e. The second-order valence-corrected chi connectivity index (χ2v) is 6.38. The largest absolute Gasteiger partial charge is 0.337 e. The van der Waals surface area contributed by atoms with Gasteiger partial charge in [0, 0.05) is 54.0 Å². The molecule has 0 radical (unpaired) electrons. The van der Waals surface area contributed by atoms with E-state index in [2.05, 4.69) is 20.9 Å². The van der Waals surface area contributed by atoms with Crippen molar-refractivity contribution < 1.29 is 4.79 Å². The highest BCUT2D eigenvalue weighted by molar-refractivity contribution is 7.17.